The van der Waals surface area contributed by atoms with Gasteiger partial charge in [0.15, 0.2) is 0 Å². The summed E-state index contributed by atoms with van der Waals surface area (Å²) in [4.78, 5) is 4.04. The number of hydrogen-bond acceptors (Lipinski definition) is 4. The third-order valence-corrected chi connectivity index (χ3v) is 3.83. The number of aliphatic hydroxyl groups is 1. The molecule has 0 spiro atoms. The van der Waals surface area contributed by atoms with Crippen molar-refractivity contribution >= 4 is 15.9 Å². The summed E-state index contributed by atoms with van der Waals surface area (Å²) in [7, 11) is 0. The normalized spacial score (nSPS) is 26.0. The Labute approximate surface area is 125 Å². The molecule has 1 aliphatic rings. The molecular weight excluding hydrogens is 324 g/mol. The van der Waals surface area contributed by atoms with E-state index in [0.717, 1.165) is 10.0 Å². The first-order valence-corrected chi connectivity index (χ1v) is 7.15. The Hall–Kier alpha value is -1.21. The topological polar surface area (TPSA) is 56.5 Å². The monoisotopic (exact) mass is 338 g/mol. The van der Waals surface area contributed by atoms with Crippen molar-refractivity contribution in [3.05, 3.63) is 53.0 Å². The third-order valence-electron chi connectivity index (χ3n) is 3.30. The van der Waals surface area contributed by atoms with Gasteiger partial charge in [0.2, 0.25) is 5.79 Å². The molecule has 1 aromatic carbocycles. The zero-order chi connectivity index (χ0) is 14.0. The minimum Gasteiger partial charge on any atom is -0.394 e. The third kappa shape index (κ3) is 2.64. The number of rotatable bonds is 4. The highest BCUT2D eigenvalue weighted by Gasteiger charge is 2.43. The Morgan fingerprint density at radius 1 is 1.40 bits per heavy atom. The lowest BCUT2D eigenvalue weighted by molar-refractivity contribution is -0.190. The molecule has 20 heavy (non-hydrogen) atoms. The second kappa shape index (κ2) is 5.65. The fourth-order valence-electron chi connectivity index (χ4n) is 2.30. The van der Waals surface area contributed by atoms with Crippen molar-refractivity contribution in [1.82, 2.24) is 9.55 Å². The Bertz CT molecular complexity index is 558. The standard InChI is InChI=1S/C14H15BrN2O3/c15-12-3-1-11(2-4-12)14(9-17-6-5-16-10-17)19-8-13(7-18)20-14/h1-6,10,13,18H,7-9H2/t13-,14-/m0/s1. The number of ether oxygens (including phenoxy) is 2. The van der Waals surface area contributed by atoms with Crippen molar-refractivity contribution in [2.24, 2.45) is 0 Å². The van der Waals surface area contributed by atoms with E-state index in [1.54, 1.807) is 12.5 Å². The molecule has 1 N–H and O–H groups in total. The maximum atomic E-state index is 9.28. The highest BCUT2D eigenvalue weighted by atomic mass is 79.9. The van der Waals surface area contributed by atoms with Crippen LogP contribution in [0.25, 0.3) is 0 Å². The second-order valence-corrected chi connectivity index (χ2v) is 5.64. The van der Waals surface area contributed by atoms with E-state index < -0.39 is 5.79 Å². The molecule has 0 saturated carbocycles. The first-order chi connectivity index (χ1) is 9.72. The van der Waals surface area contributed by atoms with Gasteiger partial charge in [0.05, 0.1) is 26.1 Å². The van der Waals surface area contributed by atoms with Crippen LogP contribution in [0.15, 0.2) is 47.5 Å². The van der Waals surface area contributed by atoms with Gasteiger partial charge in [0, 0.05) is 22.4 Å². The van der Waals surface area contributed by atoms with Gasteiger partial charge in [0.25, 0.3) is 0 Å². The van der Waals surface area contributed by atoms with Crippen LogP contribution in [0.4, 0.5) is 0 Å². The molecule has 2 atom stereocenters. The van der Waals surface area contributed by atoms with Crippen molar-refractivity contribution in [2.75, 3.05) is 13.2 Å². The smallest absolute Gasteiger partial charge is 0.214 e. The average molecular weight is 339 g/mol. The Balaban J connectivity index is 1.93. The zero-order valence-corrected chi connectivity index (χ0v) is 12.4. The van der Waals surface area contributed by atoms with Crippen LogP contribution >= 0.6 is 15.9 Å². The number of halogens is 1. The number of imidazole rings is 1. The Morgan fingerprint density at radius 3 is 2.80 bits per heavy atom. The van der Waals surface area contributed by atoms with Crippen LogP contribution in [-0.4, -0.2) is 34.0 Å². The number of nitrogens with zero attached hydrogens (tertiary/aromatic N) is 2. The molecule has 0 bridgehead atoms. The molecule has 106 valence electrons. The van der Waals surface area contributed by atoms with Crippen LogP contribution in [0, 0.1) is 0 Å². The van der Waals surface area contributed by atoms with Gasteiger partial charge in [0.1, 0.15) is 6.10 Å². The van der Waals surface area contributed by atoms with E-state index in [1.165, 1.54) is 0 Å². The fourth-order valence-corrected chi connectivity index (χ4v) is 2.57. The molecule has 1 saturated heterocycles. The number of aromatic nitrogens is 2. The largest absolute Gasteiger partial charge is 0.394 e. The van der Waals surface area contributed by atoms with Crippen molar-refractivity contribution < 1.29 is 14.6 Å². The van der Waals surface area contributed by atoms with Crippen molar-refractivity contribution in [1.29, 1.82) is 0 Å². The van der Waals surface area contributed by atoms with E-state index in [2.05, 4.69) is 20.9 Å². The first kappa shape index (κ1) is 13.8. The van der Waals surface area contributed by atoms with Crippen molar-refractivity contribution in [3.63, 3.8) is 0 Å². The van der Waals surface area contributed by atoms with Gasteiger partial charge in [-0.2, -0.15) is 0 Å². The lowest BCUT2D eigenvalue weighted by Crippen LogP contribution is -2.33. The van der Waals surface area contributed by atoms with Crippen molar-refractivity contribution in [2.45, 2.75) is 18.4 Å². The van der Waals surface area contributed by atoms with Crippen LogP contribution in [0.2, 0.25) is 0 Å². The van der Waals surface area contributed by atoms with Crippen LogP contribution < -0.4 is 0 Å². The molecule has 1 aromatic heterocycles. The molecule has 2 aromatic rings. The van der Waals surface area contributed by atoms with E-state index in [0.29, 0.717) is 13.2 Å². The van der Waals surface area contributed by atoms with E-state index >= 15 is 0 Å². The van der Waals surface area contributed by atoms with Gasteiger partial charge in [-0.1, -0.05) is 28.1 Å². The maximum Gasteiger partial charge on any atom is 0.214 e. The SMILES string of the molecule is OC[C@H]1CO[C@](Cn2ccnc2)(c2ccc(Br)cc2)O1. The summed E-state index contributed by atoms with van der Waals surface area (Å²) in [5, 5.41) is 9.28. The minimum atomic E-state index is -0.880. The van der Waals surface area contributed by atoms with Crippen LogP contribution in [0.1, 0.15) is 5.56 Å². The molecule has 0 aliphatic carbocycles. The molecular formula is C14H15BrN2O3. The molecule has 0 unspecified atom stereocenters. The van der Waals surface area contributed by atoms with Gasteiger partial charge in [-0.25, -0.2) is 4.98 Å². The van der Waals surface area contributed by atoms with Crippen LogP contribution in [-0.2, 0) is 21.8 Å². The molecule has 5 nitrogen and oxygen atoms in total. The number of benzene rings is 1. The predicted molar refractivity (Wildman–Crippen MR) is 76.0 cm³/mol. The van der Waals surface area contributed by atoms with Gasteiger partial charge in [-0.15, -0.1) is 0 Å². The first-order valence-electron chi connectivity index (χ1n) is 6.36. The van der Waals surface area contributed by atoms with Gasteiger partial charge < -0.3 is 19.1 Å². The van der Waals surface area contributed by atoms with Gasteiger partial charge in [-0.05, 0) is 12.1 Å². The summed E-state index contributed by atoms with van der Waals surface area (Å²) in [5.74, 6) is -0.880. The number of aliphatic hydroxyl groups excluding tert-OH is 1. The lowest BCUT2D eigenvalue weighted by atomic mass is 10.1. The minimum absolute atomic E-state index is 0.0534. The molecule has 6 heteroatoms. The highest BCUT2D eigenvalue weighted by molar-refractivity contribution is 9.10. The van der Waals surface area contributed by atoms with Crippen LogP contribution in [0.5, 0.6) is 0 Å². The van der Waals surface area contributed by atoms with Gasteiger partial charge >= 0.3 is 0 Å². The Morgan fingerprint density at radius 2 is 2.20 bits per heavy atom. The number of hydrogen-bond donors (Lipinski definition) is 1. The maximum absolute atomic E-state index is 9.28. The molecule has 1 fully saturated rings. The van der Waals surface area contributed by atoms with E-state index in [4.69, 9.17) is 9.47 Å². The molecule has 2 heterocycles. The second-order valence-electron chi connectivity index (χ2n) is 4.73. The summed E-state index contributed by atoms with van der Waals surface area (Å²) in [6.07, 6.45) is 5.00. The molecule has 0 amide bonds. The predicted octanol–water partition coefficient (Wildman–Crippen LogP) is 1.91. The highest BCUT2D eigenvalue weighted by Crippen LogP contribution is 2.36. The quantitative estimate of drug-likeness (QED) is 0.925. The summed E-state index contributed by atoms with van der Waals surface area (Å²) in [6, 6.07) is 7.81. The fraction of sp³-hybridized carbons (Fsp3) is 0.357. The van der Waals surface area contributed by atoms with Crippen molar-refractivity contribution in [3.8, 4) is 0 Å². The summed E-state index contributed by atoms with van der Waals surface area (Å²) in [5.41, 5.74) is 0.922. The summed E-state index contributed by atoms with van der Waals surface area (Å²) in [6.45, 7) is 0.814. The summed E-state index contributed by atoms with van der Waals surface area (Å²) >= 11 is 3.42. The van der Waals surface area contributed by atoms with E-state index in [9.17, 15) is 5.11 Å². The molecule has 0 radical (unpaired) electrons. The average Bonchev–Trinajstić information content (AvgIpc) is 3.10. The van der Waals surface area contributed by atoms with Crippen LogP contribution in [0.3, 0.4) is 0 Å². The molecule has 3 rings (SSSR count). The summed E-state index contributed by atoms with van der Waals surface area (Å²) < 4.78 is 14.8. The van der Waals surface area contributed by atoms with E-state index in [1.807, 2.05) is 35.0 Å². The van der Waals surface area contributed by atoms with E-state index in [-0.39, 0.29) is 12.7 Å². The van der Waals surface area contributed by atoms with Gasteiger partial charge in [-0.3, -0.25) is 0 Å². The Kier molecular flexibility index (Phi) is 3.89. The lowest BCUT2D eigenvalue weighted by Gasteiger charge is -2.29. The molecule has 1 aliphatic heterocycles. The zero-order valence-electron chi connectivity index (χ0n) is 10.8.